The molecule has 0 aliphatic rings. The molecule has 0 aliphatic carbocycles. The summed E-state index contributed by atoms with van der Waals surface area (Å²) in [7, 11) is 0. The van der Waals surface area contributed by atoms with Crippen LogP contribution in [0.2, 0.25) is 0 Å². The summed E-state index contributed by atoms with van der Waals surface area (Å²) in [6.07, 6.45) is 0. The molecule has 0 amide bonds. The number of hydrogen-bond donors (Lipinski definition) is 0. The third-order valence-electron chi connectivity index (χ3n) is 9.28. The molecule has 0 radical (unpaired) electrons. The van der Waals surface area contributed by atoms with Crippen LogP contribution in [0, 0.1) is 0 Å². The number of fused-ring (bicyclic) bond motifs is 6. The van der Waals surface area contributed by atoms with Gasteiger partial charge in [0, 0.05) is 55.2 Å². The van der Waals surface area contributed by atoms with Crippen LogP contribution in [0.25, 0.3) is 55.0 Å². The maximum absolute atomic E-state index is 13.6. The molecular weight excluding hydrogens is 588 g/mol. The van der Waals surface area contributed by atoms with E-state index in [0.29, 0.717) is 22.3 Å². The average molecular weight is 617 g/mol. The van der Waals surface area contributed by atoms with Crippen molar-refractivity contribution in [2.24, 2.45) is 0 Å². The molecule has 2 heterocycles. The van der Waals surface area contributed by atoms with Gasteiger partial charge >= 0.3 is 0 Å². The van der Waals surface area contributed by atoms with Gasteiger partial charge in [-0.25, -0.2) is 0 Å². The van der Waals surface area contributed by atoms with Crippen LogP contribution in [0.4, 0.5) is 0 Å². The molecule has 7 aromatic carbocycles. The van der Waals surface area contributed by atoms with Crippen molar-refractivity contribution in [2.75, 3.05) is 0 Å². The normalized spacial score (nSPS) is 11.5. The van der Waals surface area contributed by atoms with Crippen molar-refractivity contribution in [2.45, 2.75) is 0 Å². The van der Waals surface area contributed by atoms with Crippen molar-refractivity contribution in [3.8, 4) is 11.4 Å². The summed E-state index contributed by atoms with van der Waals surface area (Å²) in [6.45, 7) is 0. The number of nitrogens with zero attached hydrogens (tertiary/aromatic N) is 2. The molecule has 226 valence electrons. The highest BCUT2D eigenvalue weighted by atomic mass is 16.1. The van der Waals surface area contributed by atoms with Gasteiger partial charge in [0.15, 0.2) is 11.6 Å². The highest BCUT2D eigenvalue weighted by Crippen LogP contribution is 2.40. The Kier molecular flexibility index (Phi) is 6.41. The molecule has 0 spiro atoms. The fourth-order valence-corrected chi connectivity index (χ4v) is 7.03. The zero-order valence-electron chi connectivity index (χ0n) is 25.9. The Hall–Kier alpha value is -6.52. The van der Waals surface area contributed by atoms with Gasteiger partial charge in [-0.2, -0.15) is 0 Å². The number of carbonyl (C=O) groups is 2. The fraction of sp³-hybridized carbons (Fsp3) is 0. The standard InChI is InChI=1S/C44H28N2O2/c47-43(29-13-5-1-6-14-29)31-22-24-39-36(25-31)38-28-41-37(27-42(38)45(39)33-17-9-3-10-18-33)35-23-21-32(44(48)30-15-7-2-8-16-30)26-40(35)46(41)34-19-11-4-12-20-34/h1-28H. The molecule has 0 unspecified atom stereocenters. The van der Waals surface area contributed by atoms with E-state index in [2.05, 4.69) is 57.7 Å². The predicted octanol–water partition coefficient (Wildman–Crippen LogP) is 10.3. The van der Waals surface area contributed by atoms with E-state index < -0.39 is 0 Å². The summed E-state index contributed by atoms with van der Waals surface area (Å²) >= 11 is 0. The lowest BCUT2D eigenvalue weighted by Gasteiger charge is -2.09. The second-order valence-electron chi connectivity index (χ2n) is 12.1. The third kappa shape index (κ3) is 4.38. The largest absolute Gasteiger partial charge is 0.309 e. The van der Waals surface area contributed by atoms with Gasteiger partial charge in [0.2, 0.25) is 0 Å². The van der Waals surface area contributed by atoms with Gasteiger partial charge in [0.25, 0.3) is 0 Å². The first kappa shape index (κ1) is 27.8. The van der Waals surface area contributed by atoms with E-state index in [1.165, 1.54) is 0 Å². The van der Waals surface area contributed by atoms with Crippen LogP contribution in [0.1, 0.15) is 31.8 Å². The Labute approximate surface area is 276 Å². The highest BCUT2D eigenvalue weighted by molar-refractivity contribution is 6.21. The minimum atomic E-state index is -0.00958. The lowest BCUT2D eigenvalue weighted by Crippen LogP contribution is -2.01. The molecule has 0 fully saturated rings. The number of rotatable bonds is 6. The molecule has 2 aromatic heterocycles. The van der Waals surface area contributed by atoms with E-state index in [4.69, 9.17) is 0 Å². The van der Waals surface area contributed by atoms with E-state index >= 15 is 0 Å². The van der Waals surface area contributed by atoms with Crippen LogP contribution in [0.15, 0.2) is 170 Å². The Morgan fingerprint density at radius 2 is 0.708 bits per heavy atom. The zero-order valence-corrected chi connectivity index (χ0v) is 25.9. The Morgan fingerprint density at radius 1 is 0.312 bits per heavy atom. The van der Waals surface area contributed by atoms with Gasteiger partial charge in [-0.15, -0.1) is 0 Å². The van der Waals surface area contributed by atoms with Crippen molar-refractivity contribution in [3.63, 3.8) is 0 Å². The number of ketones is 2. The van der Waals surface area contributed by atoms with Crippen molar-refractivity contribution in [3.05, 3.63) is 192 Å². The van der Waals surface area contributed by atoms with Gasteiger partial charge in [-0.3, -0.25) is 9.59 Å². The second-order valence-corrected chi connectivity index (χ2v) is 12.1. The summed E-state index contributed by atoms with van der Waals surface area (Å²) in [5.74, 6) is -0.0159. The molecular formula is C44H28N2O2. The third-order valence-corrected chi connectivity index (χ3v) is 9.28. The van der Waals surface area contributed by atoms with Gasteiger partial charge in [-0.05, 0) is 60.7 Å². The highest BCUT2D eigenvalue weighted by Gasteiger charge is 2.21. The smallest absolute Gasteiger partial charge is 0.193 e. The van der Waals surface area contributed by atoms with E-state index in [1.807, 2.05) is 121 Å². The van der Waals surface area contributed by atoms with Crippen molar-refractivity contribution in [1.29, 1.82) is 0 Å². The number of benzene rings is 7. The number of para-hydroxylation sites is 2. The maximum Gasteiger partial charge on any atom is 0.193 e. The first-order valence-electron chi connectivity index (χ1n) is 16.0. The van der Waals surface area contributed by atoms with Gasteiger partial charge in [0.1, 0.15) is 0 Å². The first-order chi connectivity index (χ1) is 23.7. The molecule has 4 heteroatoms. The molecule has 48 heavy (non-hydrogen) atoms. The molecule has 0 atom stereocenters. The van der Waals surface area contributed by atoms with Crippen LogP contribution in [0.5, 0.6) is 0 Å². The van der Waals surface area contributed by atoms with E-state index in [1.54, 1.807) is 0 Å². The molecule has 0 bridgehead atoms. The maximum atomic E-state index is 13.6. The molecule has 0 saturated carbocycles. The minimum absolute atomic E-state index is 0.00630. The molecule has 0 N–H and O–H groups in total. The Morgan fingerprint density at radius 3 is 1.25 bits per heavy atom. The van der Waals surface area contributed by atoms with E-state index in [0.717, 1.165) is 55.0 Å². The molecule has 4 nitrogen and oxygen atoms in total. The first-order valence-corrected chi connectivity index (χ1v) is 16.0. The molecule has 9 aromatic rings. The van der Waals surface area contributed by atoms with Crippen molar-refractivity contribution < 1.29 is 9.59 Å². The summed E-state index contributed by atoms with van der Waals surface area (Å²) in [4.78, 5) is 27.2. The van der Waals surface area contributed by atoms with E-state index in [-0.39, 0.29) is 11.6 Å². The van der Waals surface area contributed by atoms with Crippen LogP contribution in [0.3, 0.4) is 0 Å². The zero-order chi connectivity index (χ0) is 32.2. The Balaban J connectivity index is 1.36. The number of carbonyl (C=O) groups excluding carboxylic acids is 2. The summed E-state index contributed by atoms with van der Waals surface area (Å²) < 4.78 is 4.52. The van der Waals surface area contributed by atoms with Crippen molar-refractivity contribution in [1.82, 2.24) is 9.13 Å². The topological polar surface area (TPSA) is 44.0 Å². The SMILES string of the molecule is O=C(c1ccccc1)c1ccc2c(c1)c1cc3c(cc1n2-c1ccccc1)c1ccc(C(=O)c2ccccc2)cc1n3-c1ccccc1. The van der Waals surface area contributed by atoms with Crippen LogP contribution in [-0.2, 0) is 0 Å². The predicted molar refractivity (Wildman–Crippen MR) is 195 cm³/mol. The fourth-order valence-electron chi connectivity index (χ4n) is 7.03. The van der Waals surface area contributed by atoms with Gasteiger partial charge in [0.05, 0.1) is 22.1 Å². The average Bonchev–Trinajstić information content (AvgIpc) is 3.65. The van der Waals surface area contributed by atoms with Crippen LogP contribution < -0.4 is 0 Å². The van der Waals surface area contributed by atoms with Crippen LogP contribution in [-0.4, -0.2) is 20.7 Å². The monoisotopic (exact) mass is 616 g/mol. The molecule has 9 rings (SSSR count). The quantitative estimate of drug-likeness (QED) is 0.175. The summed E-state index contributed by atoms with van der Waals surface area (Å²) in [5.41, 5.74) is 8.72. The van der Waals surface area contributed by atoms with Gasteiger partial charge < -0.3 is 9.13 Å². The van der Waals surface area contributed by atoms with E-state index in [9.17, 15) is 9.59 Å². The molecule has 0 saturated heterocycles. The summed E-state index contributed by atoms with van der Waals surface area (Å²) in [5, 5.41) is 4.19. The lowest BCUT2D eigenvalue weighted by atomic mass is 10.0. The van der Waals surface area contributed by atoms with Gasteiger partial charge in [-0.1, -0.05) is 109 Å². The number of hydrogen-bond acceptors (Lipinski definition) is 2. The molecule has 0 aliphatic heterocycles. The Bertz CT molecular complexity index is 2670. The second kappa shape index (κ2) is 11.1. The minimum Gasteiger partial charge on any atom is -0.309 e. The number of aromatic nitrogens is 2. The van der Waals surface area contributed by atoms with Crippen LogP contribution >= 0.6 is 0 Å². The lowest BCUT2D eigenvalue weighted by molar-refractivity contribution is 0.103. The summed E-state index contributed by atoms with van der Waals surface area (Å²) in [6, 6.07) is 56.0. The van der Waals surface area contributed by atoms with Crippen molar-refractivity contribution >= 4 is 55.2 Å².